The van der Waals surface area contributed by atoms with E-state index in [9.17, 15) is 14.9 Å². The summed E-state index contributed by atoms with van der Waals surface area (Å²) in [5.41, 5.74) is 1.20. The van der Waals surface area contributed by atoms with Crippen LogP contribution in [0.3, 0.4) is 0 Å². The van der Waals surface area contributed by atoms with E-state index in [0.717, 1.165) is 0 Å². The summed E-state index contributed by atoms with van der Waals surface area (Å²) in [5, 5.41) is 17.4. The van der Waals surface area contributed by atoms with Gasteiger partial charge >= 0.3 is 5.97 Å². The van der Waals surface area contributed by atoms with Gasteiger partial charge in [-0.3, -0.25) is 10.1 Å². The molecule has 7 nitrogen and oxygen atoms in total. The second-order valence-corrected chi connectivity index (χ2v) is 6.29. The van der Waals surface area contributed by atoms with Gasteiger partial charge in [0.15, 0.2) is 5.11 Å². The molecule has 0 radical (unpaired) electrons. The van der Waals surface area contributed by atoms with Crippen molar-refractivity contribution in [1.82, 2.24) is 10.6 Å². The van der Waals surface area contributed by atoms with Crippen molar-refractivity contribution in [1.29, 1.82) is 0 Å². The number of esters is 1. The highest BCUT2D eigenvalue weighted by molar-refractivity contribution is 7.80. The quantitative estimate of drug-likeness (QED) is 0.365. The third-order valence-corrected chi connectivity index (χ3v) is 4.12. The molecule has 0 saturated carbocycles. The first kappa shape index (κ1) is 18.2. The molecule has 1 aromatic carbocycles. The maximum atomic E-state index is 12.3. The van der Waals surface area contributed by atoms with Crippen LogP contribution in [0.4, 0.5) is 5.69 Å². The number of carbonyl (C=O) groups is 1. The molecule has 0 aromatic heterocycles. The minimum atomic E-state index is -0.667. The van der Waals surface area contributed by atoms with E-state index in [1.165, 1.54) is 19.2 Å². The third kappa shape index (κ3) is 3.49. The lowest BCUT2D eigenvalue weighted by atomic mass is 9.91. The first-order chi connectivity index (χ1) is 11.3. The molecule has 0 saturated heterocycles. The van der Waals surface area contributed by atoms with E-state index in [0.29, 0.717) is 21.9 Å². The van der Waals surface area contributed by atoms with Gasteiger partial charge in [0.05, 0.1) is 23.6 Å². The number of nitrogens with one attached hydrogen (secondary N) is 2. The molecule has 0 aliphatic carbocycles. The fraction of sp³-hybridized carbons (Fsp3) is 0.333. The number of allylic oxidation sites excluding steroid dienone is 1. The second-order valence-electron chi connectivity index (χ2n) is 5.47. The Kier molecular flexibility index (Phi) is 5.40. The lowest BCUT2D eigenvalue weighted by Crippen LogP contribution is -2.46. The van der Waals surface area contributed by atoms with Crippen molar-refractivity contribution < 1.29 is 14.5 Å². The maximum Gasteiger partial charge on any atom is 0.337 e. The van der Waals surface area contributed by atoms with E-state index in [-0.39, 0.29) is 16.6 Å². The number of nitrogens with zero attached hydrogens (tertiary/aromatic N) is 1. The molecule has 9 heteroatoms. The molecular weight excluding hydrogens is 354 g/mol. The summed E-state index contributed by atoms with van der Waals surface area (Å²) >= 11 is 11.1. The van der Waals surface area contributed by atoms with Crippen LogP contribution >= 0.6 is 23.8 Å². The molecule has 1 aliphatic heterocycles. The fourth-order valence-electron chi connectivity index (χ4n) is 2.48. The number of halogens is 1. The Bertz CT molecular complexity index is 748. The predicted octanol–water partition coefficient (Wildman–Crippen LogP) is 2.85. The van der Waals surface area contributed by atoms with E-state index in [1.807, 2.05) is 13.8 Å². The summed E-state index contributed by atoms with van der Waals surface area (Å²) in [6.45, 7) is 3.81. The van der Waals surface area contributed by atoms with Gasteiger partial charge in [-0.1, -0.05) is 31.5 Å². The van der Waals surface area contributed by atoms with Crippen molar-refractivity contribution in [3.8, 4) is 0 Å². The van der Waals surface area contributed by atoms with Gasteiger partial charge in [0, 0.05) is 11.8 Å². The predicted molar refractivity (Wildman–Crippen MR) is 93.6 cm³/mol. The fourth-order valence-corrected chi connectivity index (χ4v) is 2.89. The summed E-state index contributed by atoms with van der Waals surface area (Å²) in [6.07, 6.45) is 0. The Morgan fingerprint density at radius 3 is 2.67 bits per heavy atom. The van der Waals surface area contributed by atoms with Crippen LogP contribution in [0.1, 0.15) is 25.5 Å². The van der Waals surface area contributed by atoms with Crippen LogP contribution in [0.15, 0.2) is 29.5 Å². The largest absolute Gasteiger partial charge is 0.466 e. The van der Waals surface area contributed by atoms with E-state index in [4.69, 9.17) is 28.6 Å². The minimum Gasteiger partial charge on any atom is -0.466 e. The molecule has 1 aromatic rings. The van der Waals surface area contributed by atoms with Gasteiger partial charge in [0.2, 0.25) is 0 Å². The lowest BCUT2D eigenvalue weighted by Gasteiger charge is -2.32. The first-order valence-corrected chi connectivity index (χ1v) is 7.88. The molecule has 0 unspecified atom stereocenters. The average molecular weight is 370 g/mol. The number of hydrogen-bond donors (Lipinski definition) is 2. The molecule has 1 atom stereocenters. The number of ether oxygens (including phenoxy) is 1. The molecule has 128 valence electrons. The smallest absolute Gasteiger partial charge is 0.337 e. The first-order valence-electron chi connectivity index (χ1n) is 7.10. The van der Waals surface area contributed by atoms with Gasteiger partial charge in [-0.2, -0.15) is 0 Å². The lowest BCUT2D eigenvalue weighted by molar-refractivity contribution is -0.384. The number of nitro benzene ring substituents is 1. The highest BCUT2D eigenvalue weighted by Crippen LogP contribution is 2.34. The van der Waals surface area contributed by atoms with E-state index >= 15 is 0 Å². The Balaban J connectivity index is 2.63. The van der Waals surface area contributed by atoms with Crippen LogP contribution in [0, 0.1) is 16.0 Å². The Morgan fingerprint density at radius 2 is 2.12 bits per heavy atom. The number of rotatable bonds is 4. The Labute approximate surface area is 149 Å². The molecule has 2 N–H and O–H groups in total. The number of hydrogen-bond acceptors (Lipinski definition) is 5. The molecule has 1 heterocycles. The summed E-state index contributed by atoms with van der Waals surface area (Å²) in [5.74, 6) is -0.562. The SMILES string of the molecule is COC(=O)C1=C(C(C)C)NC(=S)N[C@H]1c1ccc(Cl)c([N+](=O)[O-])c1. The molecular formula is C15H16ClN3O4S. The van der Waals surface area contributed by atoms with Crippen molar-refractivity contribution in [2.24, 2.45) is 5.92 Å². The zero-order valence-corrected chi connectivity index (χ0v) is 14.8. The average Bonchev–Trinajstić information content (AvgIpc) is 2.53. The van der Waals surface area contributed by atoms with Gasteiger partial charge in [-0.15, -0.1) is 0 Å². The topological polar surface area (TPSA) is 93.5 Å². The molecule has 0 fully saturated rings. The van der Waals surface area contributed by atoms with Crippen molar-refractivity contribution >= 4 is 40.6 Å². The standard InChI is InChI=1S/C15H16ClN3O4S/c1-7(2)12-11(14(20)23-3)13(18-15(24)17-12)8-4-5-9(16)10(6-8)19(21)22/h4-7,13H,1-3H3,(H2,17,18,24)/t13-/m0/s1. The zero-order valence-electron chi connectivity index (χ0n) is 13.3. The number of benzene rings is 1. The van der Waals surface area contributed by atoms with Crippen molar-refractivity contribution in [3.63, 3.8) is 0 Å². The van der Waals surface area contributed by atoms with Gasteiger partial charge in [-0.25, -0.2) is 4.79 Å². The summed E-state index contributed by atoms with van der Waals surface area (Å²) in [6, 6.07) is 3.70. The number of carbonyl (C=O) groups excluding carboxylic acids is 1. The summed E-state index contributed by atoms with van der Waals surface area (Å²) < 4.78 is 4.88. The van der Waals surface area contributed by atoms with Crippen molar-refractivity contribution in [2.45, 2.75) is 19.9 Å². The number of methoxy groups -OCH3 is 1. The highest BCUT2D eigenvalue weighted by atomic mass is 35.5. The van der Waals surface area contributed by atoms with Crippen LogP contribution in [0.25, 0.3) is 0 Å². The van der Waals surface area contributed by atoms with Gasteiger partial charge < -0.3 is 15.4 Å². The molecule has 0 spiro atoms. The van der Waals surface area contributed by atoms with Gasteiger partial charge in [-0.05, 0) is 29.8 Å². The summed E-state index contributed by atoms with van der Waals surface area (Å²) in [4.78, 5) is 22.8. The van der Waals surface area contributed by atoms with E-state index < -0.39 is 16.9 Å². The molecule has 24 heavy (non-hydrogen) atoms. The van der Waals surface area contributed by atoms with Crippen molar-refractivity contribution in [2.75, 3.05) is 7.11 Å². The number of nitro groups is 1. The monoisotopic (exact) mass is 369 g/mol. The normalized spacial score (nSPS) is 17.4. The van der Waals surface area contributed by atoms with E-state index in [2.05, 4.69) is 10.6 Å². The molecule has 0 bridgehead atoms. The zero-order chi connectivity index (χ0) is 18.0. The van der Waals surface area contributed by atoms with Crippen LogP contribution in [0.5, 0.6) is 0 Å². The second kappa shape index (κ2) is 7.14. The minimum absolute atomic E-state index is 0.0212. The van der Waals surface area contributed by atoms with Gasteiger partial charge in [0.25, 0.3) is 5.69 Å². The van der Waals surface area contributed by atoms with Crippen LogP contribution < -0.4 is 10.6 Å². The number of thiocarbonyl (C=S) groups is 1. The maximum absolute atomic E-state index is 12.3. The molecule has 2 rings (SSSR count). The molecule has 0 amide bonds. The molecule has 1 aliphatic rings. The highest BCUT2D eigenvalue weighted by Gasteiger charge is 2.34. The van der Waals surface area contributed by atoms with Crippen LogP contribution in [-0.2, 0) is 9.53 Å². The van der Waals surface area contributed by atoms with Crippen molar-refractivity contribution in [3.05, 3.63) is 50.2 Å². The van der Waals surface area contributed by atoms with Gasteiger partial charge in [0.1, 0.15) is 5.02 Å². The van der Waals surface area contributed by atoms with Crippen LogP contribution in [0.2, 0.25) is 5.02 Å². The van der Waals surface area contributed by atoms with Crippen LogP contribution in [-0.4, -0.2) is 23.1 Å². The summed E-state index contributed by atoms with van der Waals surface area (Å²) in [7, 11) is 1.28. The Morgan fingerprint density at radius 1 is 1.46 bits per heavy atom. The van der Waals surface area contributed by atoms with E-state index in [1.54, 1.807) is 6.07 Å². The Hall–Kier alpha value is -2.19. The third-order valence-electron chi connectivity index (χ3n) is 3.59.